The Morgan fingerprint density at radius 1 is 1.00 bits per heavy atom. The number of aliphatic carboxylic acids is 1. The number of carbonyl (C=O) groups excluding carboxylic acids is 3. The van der Waals surface area contributed by atoms with Gasteiger partial charge in [-0.15, -0.1) is 0 Å². The normalized spacial score (nSPS) is 15.6. The summed E-state index contributed by atoms with van der Waals surface area (Å²) in [5, 5.41) is 35.3. The first-order chi connectivity index (χ1) is 14.5. The molecule has 0 bridgehead atoms. The minimum absolute atomic E-state index is 0.00315. The summed E-state index contributed by atoms with van der Waals surface area (Å²) >= 11 is 3.95. The van der Waals surface area contributed by atoms with Crippen LogP contribution < -0.4 is 21.7 Å². The average molecular weight is 457 g/mol. The van der Waals surface area contributed by atoms with Crippen LogP contribution in [0.25, 0.3) is 0 Å². The van der Waals surface area contributed by atoms with E-state index < -0.39 is 54.0 Å². The molecule has 1 aromatic rings. The van der Waals surface area contributed by atoms with E-state index in [-0.39, 0.29) is 17.9 Å². The highest BCUT2D eigenvalue weighted by atomic mass is 32.1. The van der Waals surface area contributed by atoms with Crippen molar-refractivity contribution in [3.63, 3.8) is 0 Å². The number of phenols is 1. The van der Waals surface area contributed by atoms with Crippen molar-refractivity contribution in [1.29, 1.82) is 0 Å². The SMILES string of the molecule is CC(NC(=O)C(NC(=O)C(Cc1ccc(O)cc1)NC(=O)C(N)CS)C(C)O)C(=O)O. The second-order valence-electron chi connectivity index (χ2n) is 7.02. The van der Waals surface area contributed by atoms with Crippen LogP contribution >= 0.6 is 12.6 Å². The Hall–Kier alpha value is -2.83. The quantitative estimate of drug-likeness (QED) is 0.178. The Morgan fingerprint density at radius 2 is 1.58 bits per heavy atom. The van der Waals surface area contributed by atoms with Crippen molar-refractivity contribution in [2.24, 2.45) is 5.73 Å². The molecule has 8 N–H and O–H groups in total. The van der Waals surface area contributed by atoms with Gasteiger partial charge in [0.15, 0.2) is 0 Å². The summed E-state index contributed by atoms with van der Waals surface area (Å²) in [6, 6.07) is 1.05. The van der Waals surface area contributed by atoms with E-state index in [4.69, 9.17) is 10.8 Å². The molecule has 0 saturated heterocycles. The number of carbonyl (C=O) groups is 4. The molecule has 0 radical (unpaired) electrons. The molecule has 0 aliphatic rings. The van der Waals surface area contributed by atoms with E-state index in [0.29, 0.717) is 5.56 Å². The maximum Gasteiger partial charge on any atom is 0.325 e. The van der Waals surface area contributed by atoms with Gasteiger partial charge in [0, 0.05) is 12.2 Å². The Balaban J connectivity index is 3.03. The first kappa shape index (κ1) is 26.2. The molecule has 172 valence electrons. The molecule has 31 heavy (non-hydrogen) atoms. The Kier molecular flexibility index (Phi) is 10.3. The smallest absolute Gasteiger partial charge is 0.325 e. The van der Waals surface area contributed by atoms with E-state index in [1.54, 1.807) is 12.1 Å². The fourth-order valence-electron chi connectivity index (χ4n) is 2.46. The number of carboxylic acid groups (broad SMARTS) is 1. The van der Waals surface area contributed by atoms with Gasteiger partial charge < -0.3 is 37.0 Å². The number of nitrogens with two attached hydrogens (primary N) is 1. The fraction of sp³-hybridized carbons (Fsp3) is 0.474. The summed E-state index contributed by atoms with van der Waals surface area (Å²) in [7, 11) is 0. The second-order valence-corrected chi connectivity index (χ2v) is 7.38. The number of carboxylic acids is 1. The molecular weight excluding hydrogens is 428 g/mol. The molecule has 3 amide bonds. The number of aliphatic hydroxyl groups is 1. The first-order valence-corrected chi connectivity index (χ1v) is 10.1. The molecule has 1 aromatic carbocycles. The molecule has 0 spiro atoms. The van der Waals surface area contributed by atoms with Crippen LogP contribution in [0.1, 0.15) is 19.4 Å². The minimum atomic E-state index is -1.47. The van der Waals surface area contributed by atoms with E-state index in [1.807, 2.05) is 0 Å². The highest BCUT2D eigenvalue weighted by Crippen LogP contribution is 2.12. The zero-order valence-electron chi connectivity index (χ0n) is 17.1. The maximum absolute atomic E-state index is 12.9. The van der Waals surface area contributed by atoms with Gasteiger partial charge in [-0.3, -0.25) is 19.2 Å². The molecule has 12 heteroatoms. The molecule has 5 atom stereocenters. The molecule has 0 saturated carbocycles. The topological polar surface area (TPSA) is 191 Å². The largest absolute Gasteiger partial charge is 0.508 e. The predicted molar refractivity (Wildman–Crippen MR) is 114 cm³/mol. The van der Waals surface area contributed by atoms with Crippen LogP contribution in [0.4, 0.5) is 0 Å². The number of thiol groups is 1. The minimum Gasteiger partial charge on any atom is -0.508 e. The van der Waals surface area contributed by atoms with Crippen molar-refractivity contribution in [3.05, 3.63) is 29.8 Å². The Labute approximate surface area is 184 Å². The Morgan fingerprint density at radius 3 is 2.06 bits per heavy atom. The molecule has 0 fully saturated rings. The van der Waals surface area contributed by atoms with Crippen molar-refractivity contribution in [1.82, 2.24) is 16.0 Å². The van der Waals surface area contributed by atoms with Gasteiger partial charge in [0.1, 0.15) is 23.9 Å². The predicted octanol–water partition coefficient (Wildman–Crippen LogP) is -1.87. The van der Waals surface area contributed by atoms with Crippen molar-refractivity contribution < 1.29 is 34.5 Å². The lowest BCUT2D eigenvalue weighted by Crippen LogP contribution is -2.60. The lowest BCUT2D eigenvalue weighted by molar-refractivity contribution is -0.142. The number of rotatable bonds is 11. The van der Waals surface area contributed by atoms with Crippen LogP contribution in [0.2, 0.25) is 0 Å². The van der Waals surface area contributed by atoms with Gasteiger partial charge in [0.25, 0.3) is 0 Å². The van der Waals surface area contributed by atoms with Crippen molar-refractivity contribution in [2.75, 3.05) is 5.75 Å². The molecule has 0 aromatic heterocycles. The number of hydrogen-bond acceptors (Lipinski definition) is 8. The fourth-order valence-corrected chi connectivity index (χ4v) is 2.63. The van der Waals surface area contributed by atoms with Crippen LogP contribution in [0.5, 0.6) is 5.75 Å². The summed E-state index contributed by atoms with van der Waals surface area (Å²) in [4.78, 5) is 48.4. The van der Waals surface area contributed by atoms with E-state index >= 15 is 0 Å². The van der Waals surface area contributed by atoms with Gasteiger partial charge >= 0.3 is 5.97 Å². The molecule has 0 aliphatic heterocycles. The second kappa shape index (κ2) is 12.1. The lowest BCUT2D eigenvalue weighted by atomic mass is 10.0. The summed E-state index contributed by atoms with van der Waals surface area (Å²) < 4.78 is 0. The van der Waals surface area contributed by atoms with Gasteiger partial charge in [-0.25, -0.2) is 0 Å². The molecule has 11 nitrogen and oxygen atoms in total. The molecule has 1 rings (SSSR count). The number of amides is 3. The van der Waals surface area contributed by atoms with E-state index in [9.17, 15) is 29.4 Å². The van der Waals surface area contributed by atoms with Crippen LogP contribution in [-0.4, -0.2) is 75.0 Å². The number of phenolic OH excluding ortho intramolecular Hbond substituents is 1. The maximum atomic E-state index is 12.9. The van der Waals surface area contributed by atoms with E-state index in [2.05, 4.69) is 28.6 Å². The highest BCUT2D eigenvalue weighted by Gasteiger charge is 2.31. The number of aromatic hydroxyl groups is 1. The summed E-state index contributed by atoms with van der Waals surface area (Å²) in [5.74, 6) is -3.58. The van der Waals surface area contributed by atoms with Crippen LogP contribution in [0.3, 0.4) is 0 Å². The van der Waals surface area contributed by atoms with Gasteiger partial charge in [-0.1, -0.05) is 12.1 Å². The Bertz CT molecular complexity index is 788. The van der Waals surface area contributed by atoms with Crippen LogP contribution in [0.15, 0.2) is 24.3 Å². The third kappa shape index (κ3) is 8.44. The molecule has 0 heterocycles. The zero-order chi connectivity index (χ0) is 23.7. The summed E-state index contributed by atoms with van der Waals surface area (Å²) in [5.41, 5.74) is 6.24. The number of benzene rings is 1. The highest BCUT2D eigenvalue weighted by molar-refractivity contribution is 7.80. The van der Waals surface area contributed by atoms with E-state index in [0.717, 1.165) is 0 Å². The van der Waals surface area contributed by atoms with Crippen molar-refractivity contribution >= 4 is 36.3 Å². The van der Waals surface area contributed by atoms with Crippen molar-refractivity contribution in [3.8, 4) is 5.75 Å². The number of nitrogens with one attached hydrogen (secondary N) is 3. The summed E-state index contributed by atoms with van der Waals surface area (Å²) in [6.45, 7) is 2.48. The van der Waals surface area contributed by atoms with Crippen LogP contribution in [-0.2, 0) is 25.6 Å². The number of hydrogen-bond donors (Lipinski definition) is 8. The zero-order valence-corrected chi connectivity index (χ0v) is 18.0. The van der Waals surface area contributed by atoms with Crippen molar-refractivity contribution in [2.45, 2.75) is 50.5 Å². The third-order valence-corrected chi connectivity index (χ3v) is 4.73. The van der Waals surface area contributed by atoms with Gasteiger partial charge in [-0.2, -0.15) is 12.6 Å². The van der Waals surface area contributed by atoms with Crippen LogP contribution in [0, 0.1) is 0 Å². The van der Waals surface area contributed by atoms with E-state index in [1.165, 1.54) is 26.0 Å². The lowest BCUT2D eigenvalue weighted by Gasteiger charge is -2.26. The molecular formula is C19H28N4O7S. The first-order valence-electron chi connectivity index (χ1n) is 9.42. The van der Waals surface area contributed by atoms with Gasteiger partial charge in [-0.05, 0) is 31.5 Å². The average Bonchev–Trinajstić information content (AvgIpc) is 2.71. The monoisotopic (exact) mass is 456 g/mol. The third-order valence-electron chi connectivity index (χ3n) is 4.33. The van der Waals surface area contributed by atoms with Gasteiger partial charge in [0.2, 0.25) is 17.7 Å². The number of aliphatic hydroxyl groups excluding tert-OH is 1. The summed E-state index contributed by atoms with van der Waals surface area (Å²) in [6.07, 6.45) is -1.36. The molecule has 0 aliphatic carbocycles. The molecule has 5 unspecified atom stereocenters. The van der Waals surface area contributed by atoms with Gasteiger partial charge in [0.05, 0.1) is 12.1 Å². The standard InChI is InChI=1S/C19H28N4O7S/c1-9(19(29)30)21-18(28)15(10(2)24)23-17(27)14(22-16(26)13(20)8-31)7-11-3-5-12(25)6-4-11/h3-6,9-10,13-15,24-25,31H,7-8,20H2,1-2H3,(H,21,28)(H,22,26)(H,23,27)(H,29,30).